The Hall–Kier alpha value is -1.34. The van der Waals surface area contributed by atoms with E-state index in [1.165, 1.54) is 4.90 Å². The highest BCUT2D eigenvalue weighted by Gasteiger charge is 2.29. The molecular formula is C18H33N3O4. The van der Waals surface area contributed by atoms with Gasteiger partial charge in [0.05, 0.1) is 12.6 Å². The second-order valence-corrected chi connectivity index (χ2v) is 8.14. The van der Waals surface area contributed by atoms with Crippen LogP contribution in [0.4, 0.5) is 4.79 Å². The van der Waals surface area contributed by atoms with Gasteiger partial charge in [0, 0.05) is 12.6 Å². The van der Waals surface area contributed by atoms with E-state index in [4.69, 9.17) is 9.47 Å². The Morgan fingerprint density at radius 3 is 2.48 bits per heavy atom. The van der Waals surface area contributed by atoms with Crippen LogP contribution in [0.1, 0.15) is 46.5 Å². The van der Waals surface area contributed by atoms with Gasteiger partial charge in [-0.1, -0.05) is 0 Å². The smallest absolute Gasteiger partial charge is 0.410 e. The average Bonchev–Trinajstić information content (AvgIpc) is 3.00. The largest absolute Gasteiger partial charge is 0.444 e. The molecule has 0 radical (unpaired) electrons. The van der Waals surface area contributed by atoms with Crippen LogP contribution in [0.15, 0.2) is 0 Å². The summed E-state index contributed by atoms with van der Waals surface area (Å²) in [5, 5.41) is 3.06. The van der Waals surface area contributed by atoms with Crippen molar-refractivity contribution in [1.82, 2.24) is 15.1 Å². The third-order valence-corrected chi connectivity index (χ3v) is 4.52. The number of amides is 2. The predicted octanol–water partition coefficient (Wildman–Crippen LogP) is 1.61. The van der Waals surface area contributed by atoms with E-state index in [2.05, 4.69) is 17.3 Å². The van der Waals surface area contributed by atoms with Gasteiger partial charge in [-0.25, -0.2) is 4.79 Å². The number of likely N-dealkylation sites (tertiary alicyclic amines) is 1. The van der Waals surface area contributed by atoms with Gasteiger partial charge < -0.3 is 19.7 Å². The molecule has 2 rings (SSSR count). The Kier molecular flexibility index (Phi) is 7.07. The van der Waals surface area contributed by atoms with Crippen LogP contribution in [-0.2, 0) is 14.3 Å². The molecule has 2 heterocycles. The number of hydrogen-bond acceptors (Lipinski definition) is 5. The molecule has 144 valence electrons. The maximum atomic E-state index is 12.5. The summed E-state index contributed by atoms with van der Waals surface area (Å²) in [5.41, 5.74) is -0.587. The van der Waals surface area contributed by atoms with Crippen molar-refractivity contribution in [3.63, 3.8) is 0 Å². The highest BCUT2D eigenvalue weighted by Crippen LogP contribution is 2.16. The van der Waals surface area contributed by atoms with Crippen LogP contribution in [0, 0.1) is 0 Å². The zero-order valence-corrected chi connectivity index (χ0v) is 16.0. The second kappa shape index (κ2) is 8.85. The fourth-order valence-electron chi connectivity index (χ4n) is 3.16. The summed E-state index contributed by atoms with van der Waals surface area (Å²) in [7, 11) is 2.09. The third-order valence-electron chi connectivity index (χ3n) is 4.52. The van der Waals surface area contributed by atoms with E-state index < -0.39 is 11.7 Å². The van der Waals surface area contributed by atoms with E-state index in [1.54, 1.807) is 0 Å². The molecule has 0 aromatic heterocycles. The molecule has 1 N–H and O–H groups in total. The number of nitrogens with zero attached hydrogens (tertiary/aromatic N) is 2. The summed E-state index contributed by atoms with van der Waals surface area (Å²) >= 11 is 0. The fourth-order valence-corrected chi connectivity index (χ4v) is 3.16. The van der Waals surface area contributed by atoms with Gasteiger partial charge in [0.25, 0.3) is 0 Å². The van der Waals surface area contributed by atoms with Gasteiger partial charge in [0.15, 0.2) is 0 Å². The van der Waals surface area contributed by atoms with Crippen LogP contribution in [0.5, 0.6) is 0 Å². The Balaban J connectivity index is 1.89. The molecule has 2 saturated heterocycles. The van der Waals surface area contributed by atoms with Crippen LogP contribution in [0.3, 0.4) is 0 Å². The lowest BCUT2D eigenvalue weighted by atomic mass is 10.1. The molecule has 2 fully saturated rings. The van der Waals surface area contributed by atoms with Crippen LogP contribution in [0.2, 0.25) is 0 Å². The summed E-state index contributed by atoms with van der Waals surface area (Å²) < 4.78 is 11.1. The minimum Gasteiger partial charge on any atom is -0.444 e. The standard InChI is InChI=1S/C18H33N3O4/c1-18(2,3)25-17(23)21(12-15-6-5-11-24-15)13-16(22)19-14-7-9-20(4)10-8-14/h14-15H,5-13H2,1-4H3,(H,19,22)/t15-/m0/s1. The Morgan fingerprint density at radius 1 is 1.24 bits per heavy atom. The lowest BCUT2D eigenvalue weighted by Crippen LogP contribution is -2.49. The zero-order chi connectivity index (χ0) is 18.4. The molecule has 1 atom stereocenters. The third kappa shape index (κ3) is 7.20. The van der Waals surface area contributed by atoms with Crippen molar-refractivity contribution in [2.75, 3.05) is 39.8 Å². The first-order chi connectivity index (χ1) is 11.7. The molecule has 7 nitrogen and oxygen atoms in total. The maximum absolute atomic E-state index is 12.5. The molecule has 25 heavy (non-hydrogen) atoms. The maximum Gasteiger partial charge on any atom is 0.410 e. The van der Waals surface area contributed by atoms with E-state index >= 15 is 0 Å². The van der Waals surface area contributed by atoms with E-state index in [9.17, 15) is 9.59 Å². The topological polar surface area (TPSA) is 71.1 Å². The van der Waals surface area contributed by atoms with Crippen molar-refractivity contribution < 1.29 is 19.1 Å². The highest BCUT2D eigenvalue weighted by molar-refractivity contribution is 5.82. The van der Waals surface area contributed by atoms with Crippen molar-refractivity contribution in [3.8, 4) is 0 Å². The minimum atomic E-state index is -0.587. The van der Waals surface area contributed by atoms with Crippen LogP contribution >= 0.6 is 0 Å². The predicted molar refractivity (Wildman–Crippen MR) is 95.4 cm³/mol. The molecule has 2 aliphatic heterocycles. The van der Waals surface area contributed by atoms with Gasteiger partial charge in [-0.05, 0) is 66.6 Å². The SMILES string of the molecule is CN1CCC(NC(=O)CN(C[C@@H]2CCCO2)C(=O)OC(C)(C)C)CC1. The molecule has 0 aromatic rings. The number of ether oxygens (including phenoxy) is 2. The van der Waals surface area contributed by atoms with Gasteiger partial charge in [0.2, 0.25) is 5.91 Å². The summed E-state index contributed by atoms with van der Waals surface area (Å²) in [6.45, 7) is 8.58. The molecular weight excluding hydrogens is 322 g/mol. The number of hydrogen-bond donors (Lipinski definition) is 1. The fraction of sp³-hybridized carbons (Fsp3) is 0.889. The van der Waals surface area contributed by atoms with E-state index in [0.717, 1.165) is 38.8 Å². The number of rotatable bonds is 5. The molecule has 2 aliphatic rings. The monoisotopic (exact) mass is 355 g/mol. The molecule has 0 bridgehead atoms. The lowest BCUT2D eigenvalue weighted by Gasteiger charge is -2.31. The normalized spacial score (nSPS) is 22.6. The van der Waals surface area contributed by atoms with E-state index in [-0.39, 0.29) is 24.6 Å². The summed E-state index contributed by atoms with van der Waals surface area (Å²) in [6.07, 6.45) is 3.33. The number of nitrogens with one attached hydrogen (secondary N) is 1. The molecule has 2 amide bonds. The summed E-state index contributed by atoms with van der Waals surface area (Å²) in [5.74, 6) is -0.126. The molecule has 0 saturated carbocycles. The van der Waals surface area contributed by atoms with Crippen molar-refractivity contribution in [1.29, 1.82) is 0 Å². The highest BCUT2D eigenvalue weighted by atomic mass is 16.6. The zero-order valence-electron chi connectivity index (χ0n) is 16.0. The molecule has 7 heteroatoms. The van der Waals surface area contributed by atoms with Crippen LogP contribution < -0.4 is 5.32 Å². The average molecular weight is 355 g/mol. The number of carbonyl (C=O) groups is 2. The molecule has 0 spiro atoms. The van der Waals surface area contributed by atoms with Gasteiger partial charge in [-0.15, -0.1) is 0 Å². The van der Waals surface area contributed by atoms with Crippen LogP contribution in [0.25, 0.3) is 0 Å². The van der Waals surface area contributed by atoms with Crippen molar-refractivity contribution in [2.45, 2.75) is 64.2 Å². The summed E-state index contributed by atoms with van der Waals surface area (Å²) in [6, 6.07) is 0.187. The van der Waals surface area contributed by atoms with E-state index in [1.807, 2.05) is 20.8 Å². The van der Waals surface area contributed by atoms with Gasteiger partial charge in [-0.2, -0.15) is 0 Å². The van der Waals surface area contributed by atoms with E-state index in [0.29, 0.717) is 13.2 Å². The van der Waals surface area contributed by atoms with Crippen molar-refractivity contribution >= 4 is 12.0 Å². The number of piperidine rings is 1. The van der Waals surface area contributed by atoms with Gasteiger partial charge in [0.1, 0.15) is 12.1 Å². The lowest BCUT2D eigenvalue weighted by molar-refractivity contribution is -0.123. The quantitative estimate of drug-likeness (QED) is 0.811. The first-order valence-electron chi connectivity index (χ1n) is 9.30. The van der Waals surface area contributed by atoms with Crippen LogP contribution in [-0.4, -0.2) is 79.4 Å². The van der Waals surface area contributed by atoms with Crippen molar-refractivity contribution in [3.05, 3.63) is 0 Å². The van der Waals surface area contributed by atoms with Gasteiger partial charge in [-0.3, -0.25) is 9.69 Å². The number of carbonyl (C=O) groups excluding carboxylic acids is 2. The first kappa shape index (κ1) is 20.0. The molecule has 0 aromatic carbocycles. The Bertz CT molecular complexity index is 450. The Labute approximate surface area is 151 Å². The van der Waals surface area contributed by atoms with Gasteiger partial charge >= 0.3 is 6.09 Å². The summed E-state index contributed by atoms with van der Waals surface area (Å²) in [4.78, 5) is 28.6. The minimum absolute atomic E-state index is 0.0105. The Morgan fingerprint density at radius 2 is 1.92 bits per heavy atom. The first-order valence-corrected chi connectivity index (χ1v) is 9.30. The second-order valence-electron chi connectivity index (χ2n) is 8.14. The molecule has 0 unspecified atom stereocenters. The molecule has 0 aliphatic carbocycles. The van der Waals surface area contributed by atoms with Crippen molar-refractivity contribution in [2.24, 2.45) is 0 Å².